The number of ether oxygens (including phenoxy) is 1. The van der Waals surface area contributed by atoms with Crippen LogP contribution in [0.2, 0.25) is 0 Å². The molecule has 4 heterocycles. The highest BCUT2D eigenvalue weighted by atomic mass is 32.2. The molecule has 0 saturated carbocycles. The maximum Gasteiger partial charge on any atom is 0.243 e. The number of Topliss-reactive ketones (excluding diaryl/α,β-unsaturated/α-hetero) is 2. The molecule has 2 aromatic rings. The number of carbonyl (C=O) groups is 9. The van der Waals surface area contributed by atoms with Crippen LogP contribution in [0.5, 0.6) is 5.75 Å². The summed E-state index contributed by atoms with van der Waals surface area (Å²) in [6.07, 6.45) is -1.74. The number of fused-ring (bicyclic) bond motifs is 5. The lowest BCUT2D eigenvalue weighted by atomic mass is 9.85. The molecule has 3 aliphatic rings. The number of hydrogen-bond donors (Lipinski definition) is 10. The monoisotopic (exact) mass is 1090 g/mol. The molecule has 1 aromatic heterocycles. The Morgan fingerprint density at radius 1 is 0.895 bits per heavy atom. The number of hydrogen-bond acceptors (Lipinski definition) is 15. The molecular weight excluding hydrogens is 1010 g/mol. The number of nitrogens with one attached hydrogen (secondary N) is 6. The van der Waals surface area contributed by atoms with E-state index >= 15 is 4.21 Å². The number of rotatable bonds is 15. The summed E-state index contributed by atoms with van der Waals surface area (Å²) in [6, 6.07) is -0.996. The third-order valence-electron chi connectivity index (χ3n) is 14.9. The van der Waals surface area contributed by atoms with Gasteiger partial charge in [-0.25, -0.2) is 0 Å². The van der Waals surface area contributed by atoms with Gasteiger partial charge in [0.2, 0.25) is 41.4 Å². The Labute approximate surface area is 445 Å². The zero-order valence-corrected chi connectivity index (χ0v) is 45.6. The minimum atomic E-state index is -2.30. The highest BCUT2D eigenvalue weighted by molar-refractivity contribution is 7.85. The molecule has 0 aliphatic carbocycles. The molecule has 24 heteroatoms. The van der Waals surface area contributed by atoms with E-state index in [1.54, 1.807) is 32.0 Å². The van der Waals surface area contributed by atoms with Gasteiger partial charge in [-0.3, -0.25) is 47.4 Å². The molecule has 1 fully saturated rings. The Kier molecular flexibility index (Phi) is 22.1. The summed E-state index contributed by atoms with van der Waals surface area (Å²) < 4.78 is 21.2. The molecule has 1 aromatic carbocycles. The lowest BCUT2D eigenvalue weighted by molar-refractivity contribution is -0.145. The first kappa shape index (κ1) is 61.0. The SMILES string of the molecule is CC[C@H](C)[C@@H]1NC(=O)CNC(=O)[C@H]2CC(=O)[C@H]([C@@H](C)[C@@H](O)CO)NC(=O)[C@@H]3C[C@@H](O)CN3C(=O)[C@H](CC(N)=O)CC(=O)[C@H](CS(=O)c3[nH]c4cc(OCCCCCCN(C)C(C)(C)C)ccc4c3C2)NC(=O)CNC1=O. The number of aromatic amines is 1. The lowest BCUT2D eigenvalue weighted by Crippen LogP contribution is -2.56. The molecule has 5 rings (SSSR count). The number of benzene rings is 1. The number of primary amides is 1. The Balaban J connectivity index is 1.66. The Morgan fingerprint density at radius 3 is 2.22 bits per heavy atom. The topological polar surface area (TPSA) is 349 Å². The van der Waals surface area contributed by atoms with E-state index in [2.05, 4.69) is 64.3 Å². The van der Waals surface area contributed by atoms with Gasteiger partial charge in [-0.15, -0.1) is 0 Å². The van der Waals surface area contributed by atoms with Crippen molar-refractivity contribution in [1.82, 2.24) is 41.4 Å². The van der Waals surface area contributed by atoms with Crippen LogP contribution in [0, 0.1) is 23.7 Å². The van der Waals surface area contributed by atoms with Crippen LogP contribution in [0.15, 0.2) is 23.2 Å². The number of aromatic nitrogens is 1. The number of carbonyl (C=O) groups excluding carboxylic acids is 9. The Bertz CT molecular complexity index is 2480. The van der Waals surface area contributed by atoms with Gasteiger partial charge in [0.1, 0.15) is 22.9 Å². The predicted molar refractivity (Wildman–Crippen MR) is 279 cm³/mol. The summed E-state index contributed by atoms with van der Waals surface area (Å²) in [7, 11) is -0.200. The molecule has 0 radical (unpaired) electrons. The molecule has 1 saturated heterocycles. The number of aliphatic hydroxyl groups excluding tert-OH is 3. The zero-order chi connectivity index (χ0) is 56.2. The van der Waals surface area contributed by atoms with E-state index in [0.29, 0.717) is 29.7 Å². The van der Waals surface area contributed by atoms with Crippen molar-refractivity contribution in [3.05, 3.63) is 23.8 Å². The third-order valence-corrected chi connectivity index (χ3v) is 16.4. The fourth-order valence-electron chi connectivity index (χ4n) is 9.67. The fourth-order valence-corrected chi connectivity index (χ4v) is 11.1. The van der Waals surface area contributed by atoms with Gasteiger partial charge in [-0.1, -0.05) is 40.0 Å². The van der Waals surface area contributed by atoms with E-state index < -0.39 is 175 Å². The van der Waals surface area contributed by atoms with Gasteiger partial charge in [0.05, 0.1) is 78.6 Å². The first-order chi connectivity index (χ1) is 35.8. The number of nitrogens with two attached hydrogens (primary N) is 1. The Morgan fingerprint density at radius 2 is 1.57 bits per heavy atom. The molecule has 3 aliphatic heterocycles. The number of ketones is 2. The van der Waals surface area contributed by atoms with Crippen molar-refractivity contribution in [1.29, 1.82) is 0 Å². The van der Waals surface area contributed by atoms with Gasteiger partial charge in [0, 0.05) is 61.1 Å². The van der Waals surface area contributed by atoms with Crippen molar-refractivity contribution in [2.45, 2.75) is 153 Å². The van der Waals surface area contributed by atoms with Crippen LogP contribution in [-0.4, -0.2) is 181 Å². The van der Waals surface area contributed by atoms with E-state index in [-0.39, 0.29) is 29.0 Å². The van der Waals surface area contributed by atoms with Gasteiger partial charge >= 0.3 is 0 Å². The highest BCUT2D eigenvalue weighted by Crippen LogP contribution is 2.33. The minimum absolute atomic E-state index is 0.0260. The molecule has 11 N–H and O–H groups in total. The van der Waals surface area contributed by atoms with Crippen molar-refractivity contribution in [3.8, 4) is 5.75 Å². The summed E-state index contributed by atoms with van der Waals surface area (Å²) in [6.45, 7) is 9.94. The fraction of sp³-hybridized carbons (Fsp3) is 0.673. The quantitative estimate of drug-likeness (QED) is 0.0979. The molecule has 0 spiro atoms. The second-order valence-electron chi connectivity index (χ2n) is 21.6. The maximum atomic E-state index is 15.0. The second kappa shape index (κ2) is 27.5. The molecule has 7 amide bonds. The highest BCUT2D eigenvalue weighted by Gasteiger charge is 2.45. The zero-order valence-electron chi connectivity index (χ0n) is 44.7. The standard InChI is InChI=1S/C52H79N9O14S/c1-8-28(2)45-49(72)55-23-43(68)56-37-27-76(74)50-35(34-14-13-33(22-36(34)57-50)75-16-12-10-9-11-15-60(7)52(4,5)6)17-30(47(70)54-24-44(69)58-45)18-40(65)46(29(3)41(66)26-62)59-48(71)38-21-32(63)25-61(38)51(73)31(19-39(37)64)20-42(53)67/h13-14,22,28-32,37-38,41,45-46,57,62-63,66H,8-12,15-21,23-27H2,1-7H3,(H2,53,67)(H,54,70)(H,55,72)(H,56,68)(H,58,69)(H,59,71)/t28-,29-,30+,31-,32+,37-,38-,41-,45-,46-,76?/m0/s1. The van der Waals surface area contributed by atoms with Gasteiger partial charge in [-0.05, 0) is 77.2 Å². The first-order valence-corrected chi connectivity index (χ1v) is 27.6. The molecule has 76 heavy (non-hydrogen) atoms. The summed E-state index contributed by atoms with van der Waals surface area (Å²) in [4.78, 5) is 133. The van der Waals surface area contributed by atoms with Crippen molar-refractivity contribution in [3.63, 3.8) is 0 Å². The average Bonchev–Trinajstić information content (AvgIpc) is 3.94. The van der Waals surface area contributed by atoms with Crippen LogP contribution >= 0.6 is 0 Å². The molecular formula is C52H79N9O14S. The van der Waals surface area contributed by atoms with Gasteiger partial charge in [0.25, 0.3) is 0 Å². The average molecular weight is 1090 g/mol. The second-order valence-corrected chi connectivity index (χ2v) is 23.0. The predicted octanol–water partition coefficient (Wildman–Crippen LogP) is -0.775. The minimum Gasteiger partial charge on any atom is -0.494 e. The van der Waals surface area contributed by atoms with E-state index in [9.17, 15) is 58.5 Å². The van der Waals surface area contributed by atoms with Crippen molar-refractivity contribution < 1.29 is 67.4 Å². The van der Waals surface area contributed by atoms with Crippen molar-refractivity contribution in [2.24, 2.45) is 29.4 Å². The van der Waals surface area contributed by atoms with Crippen LogP contribution in [0.3, 0.4) is 0 Å². The summed E-state index contributed by atoms with van der Waals surface area (Å²) in [5, 5.41) is 44.9. The van der Waals surface area contributed by atoms with Crippen molar-refractivity contribution in [2.75, 3.05) is 52.2 Å². The van der Waals surface area contributed by atoms with E-state index in [0.717, 1.165) is 37.1 Å². The summed E-state index contributed by atoms with van der Waals surface area (Å²) in [5.74, 6) is -12.9. The summed E-state index contributed by atoms with van der Waals surface area (Å²) >= 11 is 0. The van der Waals surface area contributed by atoms with Gasteiger partial charge in [-0.2, -0.15) is 0 Å². The van der Waals surface area contributed by atoms with Crippen molar-refractivity contribution >= 4 is 74.6 Å². The number of aliphatic hydroxyl groups is 3. The number of H-pyrrole nitrogens is 1. The maximum absolute atomic E-state index is 15.0. The van der Waals surface area contributed by atoms with Crippen LogP contribution < -0.4 is 37.1 Å². The van der Waals surface area contributed by atoms with Gasteiger partial charge < -0.3 is 67.2 Å². The lowest BCUT2D eigenvalue weighted by Gasteiger charge is -2.32. The number of unbranched alkanes of at least 4 members (excludes halogenated alkanes) is 3. The first-order valence-electron chi connectivity index (χ1n) is 26.3. The summed E-state index contributed by atoms with van der Waals surface area (Å²) in [5.41, 5.74) is 6.29. The normalized spacial score (nSPS) is 26.4. The van der Waals surface area contributed by atoms with Crippen LogP contribution in [0.25, 0.3) is 10.9 Å². The van der Waals surface area contributed by atoms with Crippen LogP contribution in [-0.2, 0) is 60.4 Å². The van der Waals surface area contributed by atoms with E-state index in [1.165, 1.54) is 6.92 Å². The van der Waals surface area contributed by atoms with Gasteiger partial charge in [0.15, 0.2) is 11.6 Å². The van der Waals surface area contributed by atoms with E-state index in [1.807, 2.05) is 0 Å². The molecule has 11 atom stereocenters. The number of amides is 7. The largest absolute Gasteiger partial charge is 0.494 e. The molecule has 2 bridgehead atoms. The molecule has 422 valence electrons. The van der Waals surface area contributed by atoms with Crippen LogP contribution in [0.1, 0.15) is 105 Å². The smallest absolute Gasteiger partial charge is 0.243 e. The number of nitrogens with zero attached hydrogens (tertiary/aromatic N) is 2. The van der Waals surface area contributed by atoms with Crippen LogP contribution in [0.4, 0.5) is 0 Å². The molecule has 1 unspecified atom stereocenters. The van der Waals surface area contributed by atoms with E-state index in [4.69, 9.17) is 10.5 Å². The molecule has 23 nitrogen and oxygen atoms in total. The Hall–Kier alpha value is -5.82. The third kappa shape index (κ3) is 16.4.